The predicted octanol–water partition coefficient (Wildman–Crippen LogP) is 4.30. The van der Waals surface area contributed by atoms with E-state index in [2.05, 4.69) is 0 Å². The number of rotatable bonds is 4. The van der Waals surface area contributed by atoms with Crippen LogP contribution in [0.2, 0.25) is 0 Å². The van der Waals surface area contributed by atoms with Crippen LogP contribution < -0.4 is 0 Å². The minimum absolute atomic E-state index is 0.190. The average Bonchev–Trinajstić information content (AvgIpc) is 2.37. The Hall–Kier alpha value is -2.06. The standard InChI is InChI=1S/C13H9F7O2/c1-7-2-4-8(5-3-7)9(21)6-10(22)11(14,15)12(16,17)13(18,19)20/h2-6,21H,1H3. The molecule has 1 aromatic carbocycles. The van der Waals surface area contributed by atoms with Crippen molar-refractivity contribution in [2.24, 2.45) is 0 Å². The third-order valence-electron chi connectivity index (χ3n) is 2.67. The SMILES string of the molecule is Cc1ccc(C(O)=CC(=O)C(F)(F)C(F)(F)C(F)(F)F)cc1. The van der Waals surface area contributed by atoms with Gasteiger partial charge in [0.15, 0.2) is 0 Å². The summed E-state index contributed by atoms with van der Waals surface area (Å²) in [6, 6.07) is 5.17. The maximum absolute atomic E-state index is 13.1. The van der Waals surface area contributed by atoms with Crippen LogP contribution in [-0.4, -0.2) is 28.9 Å². The molecule has 0 aliphatic heterocycles. The number of carbonyl (C=O) groups is 1. The summed E-state index contributed by atoms with van der Waals surface area (Å²) in [5, 5.41) is 9.39. The molecular formula is C13H9F7O2. The maximum atomic E-state index is 13.1. The van der Waals surface area contributed by atoms with Gasteiger partial charge in [-0.1, -0.05) is 29.8 Å². The number of halogens is 7. The molecule has 9 heteroatoms. The monoisotopic (exact) mass is 330 g/mol. The lowest BCUT2D eigenvalue weighted by molar-refractivity contribution is -0.342. The van der Waals surface area contributed by atoms with Crippen molar-refractivity contribution in [2.45, 2.75) is 24.9 Å². The first-order valence-electron chi connectivity index (χ1n) is 5.65. The number of aliphatic hydroxyl groups excluding tert-OH is 1. The Morgan fingerprint density at radius 3 is 1.86 bits per heavy atom. The molecular weight excluding hydrogens is 321 g/mol. The average molecular weight is 330 g/mol. The highest BCUT2D eigenvalue weighted by molar-refractivity contribution is 6.01. The lowest BCUT2D eigenvalue weighted by Gasteiger charge is -2.26. The van der Waals surface area contributed by atoms with Crippen molar-refractivity contribution >= 4 is 11.5 Å². The minimum atomic E-state index is -6.61. The molecule has 1 rings (SSSR count). The summed E-state index contributed by atoms with van der Waals surface area (Å²) >= 11 is 0. The van der Waals surface area contributed by atoms with E-state index in [1.54, 1.807) is 6.92 Å². The molecule has 0 unspecified atom stereocenters. The van der Waals surface area contributed by atoms with E-state index in [1.807, 2.05) is 0 Å². The van der Waals surface area contributed by atoms with Gasteiger partial charge in [0, 0.05) is 11.6 Å². The van der Waals surface area contributed by atoms with Crippen molar-refractivity contribution in [1.82, 2.24) is 0 Å². The quantitative estimate of drug-likeness (QED) is 0.508. The van der Waals surface area contributed by atoms with E-state index in [0.717, 1.165) is 0 Å². The van der Waals surface area contributed by atoms with Gasteiger partial charge >= 0.3 is 18.0 Å². The topological polar surface area (TPSA) is 37.3 Å². The lowest BCUT2D eigenvalue weighted by atomic mass is 10.0. The molecule has 0 bridgehead atoms. The second-order valence-corrected chi connectivity index (χ2v) is 4.41. The molecule has 0 saturated heterocycles. The fourth-order valence-corrected chi connectivity index (χ4v) is 1.36. The van der Waals surface area contributed by atoms with Crippen molar-refractivity contribution in [1.29, 1.82) is 0 Å². The van der Waals surface area contributed by atoms with Crippen LogP contribution in [0.4, 0.5) is 30.7 Å². The second kappa shape index (κ2) is 5.62. The number of alkyl halides is 7. The molecule has 0 radical (unpaired) electrons. The Bertz CT molecular complexity index is 585. The van der Waals surface area contributed by atoms with Crippen molar-refractivity contribution in [3.8, 4) is 0 Å². The predicted molar refractivity (Wildman–Crippen MR) is 62.7 cm³/mol. The summed E-state index contributed by atoms with van der Waals surface area (Å²) in [7, 11) is 0. The molecule has 22 heavy (non-hydrogen) atoms. The molecule has 2 nitrogen and oxygen atoms in total. The summed E-state index contributed by atoms with van der Waals surface area (Å²) in [5.74, 6) is -16.6. The van der Waals surface area contributed by atoms with Gasteiger partial charge in [-0.3, -0.25) is 4.79 Å². The largest absolute Gasteiger partial charge is 0.507 e. The summed E-state index contributed by atoms with van der Waals surface area (Å²) in [5.41, 5.74) is 0.516. The van der Waals surface area contributed by atoms with Crippen LogP contribution in [0.3, 0.4) is 0 Å². The highest BCUT2D eigenvalue weighted by Gasteiger charge is 2.75. The summed E-state index contributed by atoms with van der Waals surface area (Å²) < 4.78 is 87.2. The zero-order valence-corrected chi connectivity index (χ0v) is 10.9. The molecule has 0 amide bonds. The maximum Gasteiger partial charge on any atom is 0.460 e. The number of carbonyl (C=O) groups excluding carboxylic acids is 1. The third-order valence-corrected chi connectivity index (χ3v) is 2.67. The van der Waals surface area contributed by atoms with E-state index in [1.165, 1.54) is 24.3 Å². The molecule has 0 spiro atoms. The zero-order chi connectivity index (χ0) is 17.3. The first-order valence-corrected chi connectivity index (χ1v) is 5.65. The number of ketones is 1. The zero-order valence-electron chi connectivity index (χ0n) is 10.9. The fourth-order valence-electron chi connectivity index (χ4n) is 1.36. The molecule has 1 N–H and O–H groups in total. The number of benzene rings is 1. The van der Waals surface area contributed by atoms with E-state index in [4.69, 9.17) is 0 Å². The highest BCUT2D eigenvalue weighted by Crippen LogP contribution is 2.47. The number of aliphatic hydroxyl groups is 1. The van der Waals surface area contributed by atoms with Gasteiger partial charge in [-0.2, -0.15) is 30.7 Å². The normalized spacial score (nSPS) is 14.1. The van der Waals surface area contributed by atoms with Crippen LogP contribution in [0.25, 0.3) is 5.76 Å². The third kappa shape index (κ3) is 3.23. The van der Waals surface area contributed by atoms with Crippen LogP contribution >= 0.6 is 0 Å². The first kappa shape index (κ1) is 18.0. The molecule has 122 valence electrons. The van der Waals surface area contributed by atoms with Gasteiger partial charge in [-0.15, -0.1) is 0 Å². The Kier molecular flexibility index (Phi) is 4.59. The molecule has 0 saturated carbocycles. The van der Waals surface area contributed by atoms with Crippen LogP contribution in [0.5, 0.6) is 0 Å². The fraction of sp³-hybridized carbons (Fsp3) is 0.308. The molecule has 1 aromatic rings. The number of hydrogen-bond donors (Lipinski definition) is 1. The van der Waals surface area contributed by atoms with E-state index in [-0.39, 0.29) is 11.6 Å². The number of hydrogen-bond acceptors (Lipinski definition) is 2. The van der Waals surface area contributed by atoms with Crippen LogP contribution in [-0.2, 0) is 4.79 Å². The first-order chi connectivity index (χ1) is 9.80. The van der Waals surface area contributed by atoms with Gasteiger partial charge in [0.1, 0.15) is 5.76 Å². The molecule has 0 aliphatic carbocycles. The van der Waals surface area contributed by atoms with E-state index >= 15 is 0 Å². The summed E-state index contributed by atoms with van der Waals surface area (Å²) in [6.45, 7) is 1.65. The molecule has 0 atom stereocenters. The molecule has 0 fully saturated rings. The highest BCUT2D eigenvalue weighted by atomic mass is 19.4. The second-order valence-electron chi connectivity index (χ2n) is 4.41. The smallest absolute Gasteiger partial charge is 0.460 e. The summed E-state index contributed by atoms with van der Waals surface area (Å²) in [4.78, 5) is 11.0. The van der Waals surface area contributed by atoms with Gasteiger partial charge in [0.25, 0.3) is 0 Å². The van der Waals surface area contributed by atoms with Crippen LogP contribution in [0, 0.1) is 6.92 Å². The van der Waals surface area contributed by atoms with E-state index < -0.39 is 29.6 Å². The van der Waals surface area contributed by atoms with E-state index in [9.17, 15) is 40.6 Å². The Morgan fingerprint density at radius 1 is 1.00 bits per heavy atom. The van der Waals surface area contributed by atoms with Crippen molar-refractivity contribution < 1.29 is 40.6 Å². The molecule has 0 aliphatic rings. The Balaban J connectivity index is 3.14. The van der Waals surface area contributed by atoms with Gasteiger partial charge < -0.3 is 5.11 Å². The van der Waals surface area contributed by atoms with Crippen molar-refractivity contribution in [3.63, 3.8) is 0 Å². The molecule has 0 aromatic heterocycles. The van der Waals surface area contributed by atoms with Gasteiger partial charge in [-0.05, 0) is 6.92 Å². The lowest BCUT2D eigenvalue weighted by Crippen LogP contribution is -2.55. The summed E-state index contributed by atoms with van der Waals surface area (Å²) in [6.07, 6.45) is -6.97. The van der Waals surface area contributed by atoms with Gasteiger partial charge in [0.2, 0.25) is 5.78 Å². The van der Waals surface area contributed by atoms with Gasteiger partial charge in [0.05, 0.1) is 0 Å². The Morgan fingerprint density at radius 2 is 1.45 bits per heavy atom. The van der Waals surface area contributed by atoms with Crippen LogP contribution in [0.15, 0.2) is 30.3 Å². The van der Waals surface area contributed by atoms with Crippen molar-refractivity contribution in [2.75, 3.05) is 0 Å². The van der Waals surface area contributed by atoms with E-state index in [0.29, 0.717) is 5.56 Å². The Labute approximate surface area is 119 Å². The van der Waals surface area contributed by atoms with Crippen LogP contribution in [0.1, 0.15) is 11.1 Å². The van der Waals surface area contributed by atoms with Gasteiger partial charge in [-0.25, -0.2) is 0 Å². The van der Waals surface area contributed by atoms with Crippen molar-refractivity contribution in [3.05, 3.63) is 41.5 Å². The molecule has 0 heterocycles. The number of allylic oxidation sites excluding steroid dienone is 1. The number of aryl methyl sites for hydroxylation is 1. The minimum Gasteiger partial charge on any atom is -0.507 e.